The van der Waals surface area contributed by atoms with Crippen molar-refractivity contribution in [2.24, 2.45) is 4.99 Å². The number of nitrogens with one attached hydrogen (secondary N) is 2. The van der Waals surface area contributed by atoms with Crippen molar-refractivity contribution >= 4 is 21.8 Å². The van der Waals surface area contributed by atoms with E-state index in [-0.39, 0.29) is 29.6 Å². The van der Waals surface area contributed by atoms with Crippen LogP contribution < -0.4 is 10.0 Å². The molecule has 0 unspecified atom stereocenters. The van der Waals surface area contributed by atoms with Gasteiger partial charge in [0.2, 0.25) is 5.91 Å². The Labute approximate surface area is 117 Å². The average Bonchev–Trinajstić information content (AvgIpc) is 2.69. The van der Waals surface area contributed by atoms with Gasteiger partial charge in [-0.2, -0.15) is 0 Å². The fourth-order valence-electron chi connectivity index (χ4n) is 1.79. The van der Waals surface area contributed by atoms with E-state index in [9.17, 15) is 13.2 Å². The highest BCUT2D eigenvalue weighted by molar-refractivity contribution is 7.90. The molecular formula is C13H15N3O3S. The van der Waals surface area contributed by atoms with Gasteiger partial charge in [0.25, 0.3) is 10.0 Å². The van der Waals surface area contributed by atoms with Crippen molar-refractivity contribution in [1.29, 1.82) is 0 Å². The Balaban J connectivity index is 2.06. The molecule has 0 aromatic heterocycles. The molecule has 7 heteroatoms. The minimum atomic E-state index is -3.51. The monoisotopic (exact) mass is 293 g/mol. The molecule has 1 aliphatic heterocycles. The number of aliphatic imine (C=N–C) groups is 1. The molecule has 0 aliphatic carbocycles. The van der Waals surface area contributed by atoms with E-state index >= 15 is 0 Å². The van der Waals surface area contributed by atoms with Crippen molar-refractivity contribution in [3.63, 3.8) is 0 Å². The van der Waals surface area contributed by atoms with Gasteiger partial charge in [0.1, 0.15) is 5.84 Å². The second-order valence-corrected chi connectivity index (χ2v) is 5.83. The summed E-state index contributed by atoms with van der Waals surface area (Å²) in [5.74, 6) is 0.139. The SMILES string of the molecule is C=CCNC(=O)CCN=C1NS(=O)(=O)c2ccccc21. The maximum atomic E-state index is 11.8. The number of amides is 1. The molecule has 0 saturated carbocycles. The molecule has 2 N–H and O–H groups in total. The van der Waals surface area contributed by atoms with E-state index in [2.05, 4.69) is 21.6 Å². The summed E-state index contributed by atoms with van der Waals surface area (Å²) in [6.07, 6.45) is 1.78. The van der Waals surface area contributed by atoms with Crippen molar-refractivity contribution < 1.29 is 13.2 Å². The molecule has 1 amide bonds. The number of hydrogen-bond donors (Lipinski definition) is 2. The molecule has 2 rings (SSSR count). The van der Waals surface area contributed by atoms with Gasteiger partial charge in [-0.25, -0.2) is 8.42 Å². The first-order valence-electron chi connectivity index (χ1n) is 6.09. The molecule has 1 aromatic rings. The number of amidine groups is 1. The summed E-state index contributed by atoms with van der Waals surface area (Å²) in [5.41, 5.74) is 0.541. The molecule has 0 bridgehead atoms. The molecule has 0 radical (unpaired) electrons. The fourth-order valence-corrected chi connectivity index (χ4v) is 3.05. The van der Waals surface area contributed by atoms with Crippen LogP contribution in [0.15, 0.2) is 46.8 Å². The van der Waals surface area contributed by atoms with Crippen molar-refractivity contribution in [2.75, 3.05) is 13.1 Å². The lowest BCUT2D eigenvalue weighted by atomic mass is 10.2. The first kappa shape index (κ1) is 14.3. The highest BCUT2D eigenvalue weighted by Crippen LogP contribution is 2.21. The van der Waals surface area contributed by atoms with E-state index in [1.165, 1.54) is 6.07 Å². The van der Waals surface area contributed by atoms with Crippen LogP contribution >= 0.6 is 0 Å². The Morgan fingerprint density at radius 2 is 2.15 bits per heavy atom. The second-order valence-electron chi connectivity index (χ2n) is 4.17. The standard InChI is InChI=1S/C13H15N3O3S/c1-2-8-14-12(17)7-9-15-13-10-5-3-4-6-11(10)20(18,19)16-13/h2-6H,1,7-9H2,(H,14,17)(H,15,16). The van der Waals surface area contributed by atoms with Gasteiger partial charge in [0.15, 0.2) is 0 Å². The van der Waals surface area contributed by atoms with Crippen LogP contribution in [0.2, 0.25) is 0 Å². The van der Waals surface area contributed by atoms with Crippen LogP contribution in [0.25, 0.3) is 0 Å². The normalized spacial score (nSPS) is 17.3. The van der Waals surface area contributed by atoms with Gasteiger partial charge in [-0.1, -0.05) is 18.2 Å². The Bertz CT molecular complexity index is 665. The Morgan fingerprint density at radius 1 is 1.40 bits per heavy atom. The molecule has 1 heterocycles. The van der Waals surface area contributed by atoms with Gasteiger partial charge in [0, 0.05) is 18.5 Å². The zero-order chi connectivity index (χ0) is 14.6. The molecule has 0 saturated heterocycles. The van der Waals surface area contributed by atoms with Gasteiger partial charge >= 0.3 is 0 Å². The average molecular weight is 293 g/mol. The second kappa shape index (κ2) is 5.87. The van der Waals surface area contributed by atoms with Crippen LogP contribution in [0.3, 0.4) is 0 Å². The van der Waals surface area contributed by atoms with Crippen LogP contribution in [0.1, 0.15) is 12.0 Å². The minimum Gasteiger partial charge on any atom is -0.353 e. The maximum absolute atomic E-state index is 11.8. The van der Waals surface area contributed by atoms with E-state index in [1.54, 1.807) is 24.3 Å². The number of fused-ring (bicyclic) bond motifs is 1. The summed E-state index contributed by atoms with van der Waals surface area (Å²) >= 11 is 0. The molecule has 1 aliphatic rings. The number of sulfonamides is 1. The maximum Gasteiger partial charge on any atom is 0.263 e. The first-order valence-corrected chi connectivity index (χ1v) is 7.57. The fraction of sp³-hybridized carbons (Fsp3) is 0.231. The van der Waals surface area contributed by atoms with Gasteiger partial charge in [-0.15, -0.1) is 6.58 Å². The van der Waals surface area contributed by atoms with Gasteiger partial charge in [-0.05, 0) is 12.1 Å². The van der Waals surface area contributed by atoms with Crippen molar-refractivity contribution in [3.8, 4) is 0 Å². The molecule has 1 aromatic carbocycles. The van der Waals surface area contributed by atoms with E-state index in [0.29, 0.717) is 12.1 Å². The van der Waals surface area contributed by atoms with Crippen molar-refractivity contribution in [2.45, 2.75) is 11.3 Å². The van der Waals surface area contributed by atoms with Gasteiger partial charge in [-0.3, -0.25) is 14.5 Å². The van der Waals surface area contributed by atoms with Crippen LogP contribution in [-0.4, -0.2) is 33.3 Å². The number of carbonyl (C=O) groups excluding carboxylic acids is 1. The third-order valence-electron chi connectivity index (χ3n) is 2.72. The molecule has 106 valence electrons. The van der Waals surface area contributed by atoms with Crippen molar-refractivity contribution in [1.82, 2.24) is 10.0 Å². The number of benzene rings is 1. The van der Waals surface area contributed by atoms with E-state index < -0.39 is 10.0 Å². The topological polar surface area (TPSA) is 87.6 Å². The lowest BCUT2D eigenvalue weighted by Gasteiger charge is -2.01. The lowest BCUT2D eigenvalue weighted by Crippen LogP contribution is -2.25. The largest absolute Gasteiger partial charge is 0.353 e. The summed E-state index contributed by atoms with van der Waals surface area (Å²) in [4.78, 5) is 15.7. The van der Waals surface area contributed by atoms with E-state index in [1.807, 2.05) is 0 Å². The first-order chi connectivity index (χ1) is 9.54. The zero-order valence-electron chi connectivity index (χ0n) is 10.8. The Kier molecular flexibility index (Phi) is 4.19. The molecule has 20 heavy (non-hydrogen) atoms. The predicted molar refractivity (Wildman–Crippen MR) is 76.0 cm³/mol. The lowest BCUT2D eigenvalue weighted by molar-refractivity contribution is -0.120. The highest BCUT2D eigenvalue weighted by atomic mass is 32.2. The Morgan fingerprint density at radius 3 is 2.90 bits per heavy atom. The summed E-state index contributed by atoms with van der Waals surface area (Å²) in [5, 5.41) is 2.63. The van der Waals surface area contributed by atoms with E-state index in [4.69, 9.17) is 0 Å². The smallest absolute Gasteiger partial charge is 0.263 e. The Hall–Kier alpha value is -2.15. The van der Waals surface area contributed by atoms with Crippen LogP contribution in [0.4, 0.5) is 0 Å². The van der Waals surface area contributed by atoms with E-state index in [0.717, 1.165) is 0 Å². The zero-order valence-corrected chi connectivity index (χ0v) is 11.6. The summed E-state index contributed by atoms with van der Waals surface area (Å²) < 4.78 is 26.0. The number of hydrogen-bond acceptors (Lipinski definition) is 4. The van der Waals surface area contributed by atoms with Gasteiger partial charge in [0.05, 0.1) is 11.4 Å². The van der Waals surface area contributed by atoms with Crippen LogP contribution in [-0.2, 0) is 14.8 Å². The molecular weight excluding hydrogens is 278 g/mol. The minimum absolute atomic E-state index is 0.150. The predicted octanol–water partition coefficient (Wildman–Crippen LogP) is 0.417. The quantitative estimate of drug-likeness (QED) is 0.771. The van der Waals surface area contributed by atoms with Crippen LogP contribution in [0, 0.1) is 0 Å². The highest BCUT2D eigenvalue weighted by Gasteiger charge is 2.29. The summed E-state index contributed by atoms with van der Waals surface area (Å²) in [6, 6.07) is 6.61. The number of rotatable bonds is 5. The third kappa shape index (κ3) is 3.05. The number of carbonyl (C=O) groups is 1. The molecule has 6 nitrogen and oxygen atoms in total. The number of nitrogens with zero attached hydrogens (tertiary/aromatic N) is 1. The van der Waals surface area contributed by atoms with Gasteiger partial charge < -0.3 is 5.32 Å². The summed E-state index contributed by atoms with van der Waals surface area (Å²) in [6.45, 7) is 4.12. The summed E-state index contributed by atoms with van der Waals surface area (Å²) in [7, 11) is -3.51. The molecule has 0 spiro atoms. The van der Waals surface area contributed by atoms with Crippen molar-refractivity contribution in [3.05, 3.63) is 42.5 Å². The molecule has 0 atom stereocenters. The van der Waals surface area contributed by atoms with Crippen LogP contribution in [0.5, 0.6) is 0 Å². The third-order valence-corrected chi connectivity index (χ3v) is 4.11. The molecule has 0 fully saturated rings.